The lowest BCUT2D eigenvalue weighted by Crippen LogP contribution is -2.46. The van der Waals surface area contributed by atoms with Crippen molar-refractivity contribution in [2.24, 2.45) is 0 Å². The highest BCUT2D eigenvalue weighted by atomic mass is 16.5. The molecular weight excluding hydrogens is 272 g/mol. The molecule has 0 bridgehead atoms. The minimum Gasteiger partial charge on any atom is -0.480 e. The van der Waals surface area contributed by atoms with Crippen LogP contribution in [0.2, 0.25) is 0 Å². The Balaban J connectivity index is 2.91. The number of benzene rings is 1. The third-order valence-corrected chi connectivity index (χ3v) is 3.05. The topological polar surface area (TPSA) is 70.1 Å². The molecule has 0 aliphatic heterocycles. The number of hydrogen-bond acceptors (Lipinski definition) is 3. The number of hydrogen-bond donors (Lipinski definition) is 1. The van der Waals surface area contributed by atoms with E-state index >= 15 is 0 Å². The highest BCUT2D eigenvalue weighted by Gasteiger charge is 2.22. The number of carboxylic acids is 1. The van der Waals surface area contributed by atoms with E-state index in [0.717, 1.165) is 11.3 Å². The van der Waals surface area contributed by atoms with E-state index in [1.54, 1.807) is 4.90 Å². The van der Waals surface area contributed by atoms with Crippen LogP contribution in [0.3, 0.4) is 0 Å². The highest BCUT2D eigenvalue weighted by molar-refractivity contribution is 5.93. The molecule has 0 atom stereocenters. The van der Waals surface area contributed by atoms with Gasteiger partial charge in [-0.1, -0.05) is 17.7 Å². The Bertz CT molecular complexity index is 473. The van der Waals surface area contributed by atoms with Gasteiger partial charge in [0, 0.05) is 25.9 Å². The van der Waals surface area contributed by atoms with Gasteiger partial charge in [0.2, 0.25) is 0 Å². The number of ether oxygens (including phenoxy) is 1. The Morgan fingerprint density at radius 2 is 1.86 bits per heavy atom. The lowest BCUT2D eigenvalue weighted by atomic mass is 10.2. The molecule has 0 saturated heterocycles. The van der Waals surface area contributed by atoms with Crippen molar-refractivity contribution in [3.05, 3.63) is 29.8 Å². The average Bonchev–Trinajstić information content (AvgIpc) is 2.45. The van der Waals surface area contributed by atoms with Gasteiger partial charge in [-0.2, -0.15) is 0 Å². The van der Waals surface area contributed by atoms with Crippen molar-refractivity contribution < 1.29 is 19.4 Å². The molecule has 6 nitrogen and oxygen atoms in total. The number of nitrogens with zero attached hydrogens (tertiary/aromatic N) is 2. The van der Waals surface area contributed by atoms with E-state index in [1.165, 1.54) is 12.0 Å². The summed E-state index contributed by atoms with van der Waals surface area (Å²) in [6.07, 6.45) is 0. The molecule has 116 valence electrons. The van der Waals surface area contributed by atoms with E-state index < -0.39 is 5.97 Å². The molecule has 21 heavy (non-hydrogen) atoms. The maximum atomic E-state index is 12.5. The fraction of sp³-hybridized carbons (Fsp3) is 0.467. The van der Waals surface area contributed by atoms with Crippen LogP contribution in [0.5, 0.6) is 0 Å². The molecule has 0 heterocycles. The monoisotopic (exact) mass is 294 g/mol. The molecule has 0 fully saturated rings. The van der Waals surface area contributed by atoms with Crippen LogP contribution >= 0.6 is 0 Å². The maximum Gasteiger partial charge on any atom is 0.325 e. The Hall–Kier alpha value is -2.08. The Morgan fingerprint density at radius 1 is 1.24 bits per heavy atom. The van der Waals surface area contributed by atoms with E-state index in [9.17, 15) is 9.59 Å². The molecule has 0 aromatic heterocycles. The summed E-state index contributed by atoms with van der Waals surface area (Å²) in [6, 6.07) is 7.21. The molecular formula is C15H22N2O4. The van der Waals surface area contributed by atoms with Crippen LogP contribution in [0.4, 0.5) is 10.5 Å². The lowest BCUT2D eigenvalue weighted by molar-refractivity contribution is -0.137. The number of amides is 2. The summed E-state index contributed by atoms with van der Waals surface area (Å²) in [5.41, 5.74) is 1.85. The van der Waals surface area contributed by atoms with Crippen molar-refractivity contribution >= 4 is 17.7 Å². The first-order valence-electron chi connectivity index (χ1n) is 6.83. The number of anilines is 1. The third kappa shape index (κ3) is 5.07. The predicted molar refractivity (Wildman–Crippen MR) is 80.7 cm³/mol. The van der Waals surface area contributed by atoms with E-state index in [2.05, 4.69) is 0 Å². The van der Waals surface area contributed by atoms with Crippen molar-refractivity contribution in [3.63, 3.8) is 0 Å². The SMILES string of the molecule is CCN(C(=O)N(CCOC)CC(=O)O)c1ccc(C)cc1. The zero-order chi connectivity index (χ0) is 15.8. The zero-order valence-electron chi connectivity index (χ0n) is 12.7. The molecule has 1 rings (SSSR count). The summed E-state index contributed by atoms with van der Waals surface area (Å²) < 4.78 is 4.93. The second-order valence-corrected chi connectivity index (χ2v) is 4.67. The fourth-order valence-corrected chi connectivity index (χ4v) is 1.93. The number of carbonyl (C=O) groups is 2. The molecule has 0 saturated carbocycles. The van der Waals surface area contributed by atoms with Crippen LogP contribution in [-0.2, 0) is 9.53 Å². The molecule has 1 N–H and O–H groups in total. The molecule has 0 radical (unpaired) electrons. The van der Waals surface area contributed by atoms with Crippen LogP contribution in [0, 0.1) is 6.92 Å². The van der Waals surface area contributed by atoms with Crippen molar-refractivity contribution in [2.75, 3.05) is 38.3 Å². The largest absolute Gasteiger partial charge is 0.480 e. The van der Waals surface area contributed by atoms with Gasteiger partial charge < -0.3 is 14.7 Å². The Labute approximate surface area is 124 Å². The minimum absolute atomic E-state index is 0.240. The van der Waals surface area contributed by atoms with Crippen LogP contribution in [0.25, 0.3) is 0 Å². The molecule has 0 unspecified atom stereocenters. The summed E-state index contributed by atoms with van der Waals surface area (Å²) >= 11 is 0. The van der Waals surface area contributed by atoms with Gasteiger partial charge in [-0.25, -0.2) is 4.79 Å². The van der Waals surface area contributed by atoms with Crippen molar-refractivity contribution in [3.8, 4) is 0 Å². The van der Waals surface area contributed by atoms with E-state index in [-0.39, 0.29) is 19.1 Å². The van der Waals surface area contributed by atoms with E-state index in [1.807, 2.05) is 38.1 Å². The molecule has 1 aromatic carbocycles. The number of aliphatic carboxylic acids is 1. The lowest BCUT2D eigenvalue weighted by Gasteiger charge is -2.29. The van der Waals surface area contributed by atoms with Crippen LogP contribution < -0.4 is 4.90 Å². The number of rotatable bonds is 7. The minimum atomic E-state index is -1.04. The van der Waals surface area contributed by atoms with Crippen LogP contribution in [0.1, 0.15) is 12.5 Å². The van der Waals surface area contributed by atoms with Gasteiger partial charge in [-0.05, 0) is 26.0 Å². The van der Waals surface area contributed by atoms with Crippen LogP contribution in [0.15, 0.2) is 24.3 Å². The summed E-state index contributed by atoms with van der Waals surface area (Å²) in [7, 11) is 1.51. The van der Waals surface area contributed by atoms with Crippen molar-refractivity contribution in [1.82, 2.24) is 4.90 Å². The number of carboxylic acid groups (broad SMARTS) is 1. The standard InChI is InChI=1S/C15H22N2O4/c1-4-17(13-7-5-12(2)6-8-13)15(20)16(9-10-21-3)11-14(18)19/h5-8H,4,9-11H2,1-3H3,(H,18,19). The number of aryl methyl sites for hydroxylation is 1. The van der Waals surface area contributed by atoms with Gasteiger partial charge in [0.25, 0.3) is 0 Å². The summed E-state index contributed by atoms with van der Waals surface area (Å²) in [6.45, 7) is 4.48. The second kappa shape index (κ2) is 8.26. The normalized spacial score (nSPS) is 10.2. The maximum absolute atomic E-state index is 12.5. The Morgan fingerprint density at radius 3 is 2.33 bits per heavy atom. The average molecular weight is 294 g/mol. The first-order valence-corrected chi connectivity index (χ1v) is 6.83. The smallest absolute Gasteiger partial charge is 0.325 e. The number of carbonyl (C=O) groups excluding carboxylic acids is 1. The van der Waals surface area contributed by atoms with E-state index in [4.69, 9.17) is 9.84 Å². The molecule has 2 amide bonds. The zero-order valence-corrected chi connectivity index (χ0v) is 12.7. The summed E-state index contributed by atoms with van der Waals surface area (Å²) in [5, 5.41) is 8.94. The quantitative estimate of drug-likeness (QED) is 0.834. The van der Waals surface area contributed by atoms with Crippen molar-refractivity contribution in [2.45, 2.75) is 13.8 Å². The molecule has 0 aliphatic rings. The molecule has 1 aromatic rings. The number of methoxy groups -OCH3 is 1. The Kier molecular flexibility index (Phi) is 6.68. The van der Waals surface area contributed by atoms with Gasteiger partial charge in [-0.3, -0.25) is 9.69 Å². The fourth-order valence-electron chi connectivity index (χ4n) is 1.93. The molecule has 0 aliphatic carbocycles. The predicted octanol–water partition coefficient (Wildman–Crippen LogP) is 1.97. The van der Waals surface area contributed by atoms with Gasteiger partial charge in [0.1, 0.15) is 6.54 Å². The summed E-state index contributed by atoms with van der Waals surface area (Å²) in [4.78, 5) is 26.3. The second-order valence-electron chi connectivity index (χ2n) is 4.67. The first kappa shape index (κ1) is 17.0. The molecule has 0 spiro atoms. The molecule has 6 heteroatoms. The van der Waals surface area contributed by atoms with Crippen LogP contribution in [-0.4, -0.2) is 55.4 Å². The van der Waals surface area contributed by atoms with Gasteiger partial charge in [0.05, 0.1) is 6.61 Å². The van der Waals surface area contributed by atoms with Crippen molar-refractivity contribution in [1.29, 1.82) is 0 Å². The summed E-state index contributed by atoms with van der Waals surface area (Å²) in [5.74, 6) is -1.04. The van der Waals surface area contributed by atoms with Gasteiger partial charge in [0.15, 0.2) is 0 Å². The highest BCUT2D eigenvalue weighted by Crippen LogP contribution is 2.16. The van der Waals surface area contributed by atoms with E-state index in [0.29, 0.717) is 13.2 Å². The third-order valence-electron chi connectivity index (χ3n) is 3.05. The van der Waals surface area contributed by atoms with Gasteiger partial charge in [-0.15, -0.1) is 0 Å². The number of urea groups is 1. The first-order chi connectivity index (χ1) is 9.99. The van der Waals surface area contributed by atoms with Gasteiger partial charge >= 0.3 is 12.0 Å².